The number of aliphatic hydroxyl groups is 1. The first-order valence-electron chi connectivity index (χ1n) is 12.8. The van der Waals surface area contributed by atoms with Crippen molar-refractivity contribution in [1.29, 1.82) is 0 Å². The maximum absolute atomic E-state index is 14.0. The van der Waals surface area contributed by atoms with Crippen LogP contribution in [0.2, 0.25) is 0 Å². The Morgan fingerprint density at radius 3 is 2.44 bits per heavy atom. The van der Waals surface area contributed by atoms with Crippen LogP contribution in [0.4, 0.5) is 0 Å². The van der Waals surface area contributed by atoms with Gasteiger partial charge in [-0.2, -0.15) is 0 Å². The normalized spacial score (nSPS) is 31.7. The molecule has 0 aliphatic carbocycles. The van der Waals surface area contributed by atoms with Gasteiger partial charge in [0.05, 0.1) is 35.8 Å². The minimum Gasteiger partial charge on any atom is -0.466 e. The summed E-state index contributed by atoms with van der Waals surface area (Å²) in [4.78, 5) is 42.6. The summed E-state index contributed by atoms with van der Waals surface area (Å²) in [6, 6.07) is -1.17. The fourth-order valence-corrected chi connectivity index (χ4v) is 9.08. The molecule has 0 saturated carbocycles. The van der Waals surface area contributed by atoms with Crippen LogP contribution in [-0.4, -0.2) is 68.6 Å². The van der Waals surface area contributed by atoms with Gasteiger partial charge < -0.3 is 20.1 Å². The van der Waals surface area contributed by atoms with E-state index in [1.165, 1.54) is 0 Å². The number of hydrogen-bond acceptors (Lipinski definition) is 6. The van der Waals surface area contributed by atoms with E-state index in [0.717, 1.165) is 12.8 Å². The minimum absolute atomic E-state index is 0.00860. The molecule has 34 heavy (non-hydrogen) atoms. The number of thioether (sulfide) groups is 1. The van der Waals surface area contributed by atoms with Crippen molar-refractivity contribution in [2.45, 2.75) is 109 Å². The van der Waals surface area contributed by atoms with Crippen LogP contribution in [0.25, 0.3) is 0 Å². The number of fused-ring (bicyclic) bond motifs is 1. The van der Waals surface area contributed by atoms with Crippen molar-refractivity contribution in [3.8, 4) is 0 Å². The number of carbonyl (C=O) groups is 3. The van der Waals surface area contributed by atoms with Crippen LogP contribution in [0.3, 0.4) is 0 Å². The zero-order valence-corrected chi connectivity index (χ0v) is 23.0. The van der Waals surface area contributed by atoms with Gasteiger partial charge in [-0.25, -0.2) is 0 Å². The van der Waals surface area contributed by atoms with Gasteiger partial charge >= 0.3 is 5.97 Å². The van der Waals surface area contributed by atoms with E-state index in [1.54, 1.807) is 23.6 Å². The lowest BCUT2D eigenvalue weighted by atomic mass is 9.71. The van der Waals surface area contributed by atoms with Gasteiger partial charge in [0.15, 0.2) is 0 Å². The average molecular weight is 497 g/mol. The van der Waals surface area contributed by atoms with Gasteiger partial charge in [0.25, 0.3) is 0 Å². The van der Waals surface area contributed by atoms with Gasteiger partial charge in [0, 0.05) is 10.8 Å². The van der Waals surface area contributed by atoms with Crippen molar-refractivity contribution in [2.75, 3.05) is 13.2 Å². The van der Waals surface area contributed by atoms with Gasteiger partial charge in [-0.3, -0.25) is 14.4 Å². The van der Waals surface area contributed by atoms with Crippen LogP contribution < -0.4 is 5.32 Å². The van der Waals surface area contributed by atoms with Gasteiger partial charge in [0.2, 0.25) is 11.8 Å². The Hall–Kier alpha value is -1.28. The quantitative estimate of drug-likeness (QED) is 0.475. The molecular formula is C26H44N2O5S. The number of carbonyl (C=O) groups excluding carboxylic acids is 3. The number of nitrogens with zero attached hydrogens (tertiary/aromatic N) is 1. The number of ether oxygens (including phenoxy) is 1. The monoisotopic (exact) mass is 496 g/mol. The standard InChI is InChI=1S/C26H44N2O5S/c1-9-33-23(32)18-17-10-11-26(34-17)19(18)22(31)28(16(13-29)12-15(2)3)20(26)21(30)27-25(7,8)14-24(4,5)6/h15-20,29H,9-14H2,1-8H3,(H,27,30)/t16-,17+,18-,19+,20?,26?/m1/s1. The summed E-state index contributed by atoms with van der Waals surface area (Å²) in [5, 5.41) is 13.5. The molecule has 3 saturated heterocycles. The molecule has 2 unspecified atom stereocenters. The fraction of sp³-hybridized carbons (Fsp3) is 0.885. The van der Waals surface area contributed by atoms with Crippen LogP contribution in [-0.2, 0) is 19.1 Å². The molecule has 2 amide bonds. The second-order valence-corrected chi connectivity index (χ2v) is 14.2. The number of esters is 1. The molecule has 3 fully saturated rings. The molecule has 194 valence electrons. The van der Waals surface area contributed by atoms with Crippen molar-refractivity contribution < 1.29 is 24.2 Å². The Bertz CT molecular complexity index is 808. The lowest BCUT2D eigenvalue weighted by molar-refractivity contribution is -0.154. The predicted molar refractivity (Wildman–Crippen MR) is 134 cm³/mol. The van der Waals surface area contributed by atoms with Crippen molar-refractivity contribution >= 4 is 29.5 Å². The summed E-state index contributed by atoms with van der Waals surface area (Å²) in [5.74, 6) is -1.57. The second kappa shape index (κ2) is 9.64. The van der Waals surface area contributed by atoms with Crippen molar-refractivity contribution in [1.82, 2.24) is 10.2 Å². The maximum atomic E-state index is 14.0. The first-order valence-corrected chi connectivity index (χ1v) is 13.6. The number of likely N-dealkylation sites (tertiary alicyclic amines) is 1. The molecule has 3 rings (SSSR count). The molecular weight excluding hydrogens is 452 g/mol. The number of amides is 2. The minimum atomic E-state index is -0.713. The van der Waals surface area contributed by atoms with E-state index in [-0.39, 0.29) is 47.6 Å². The van der Waals surface area contributed by atoms with Crippen LogP contribution in [0, 0.1) is 23.2 Å². The molecule has 3 heterocycles. The highest BCUT2D eigenvalue weighted by molar-refractivity contribution is 8.02. The van der Waals surface area contributed by atoms with E-state index in [4.69, 9.17) is 4.74 Å². The zero-order chi connectivity index (χ0) is 25.6. The highest BCUT2D eigenvalue weighted by atomic mass is 32.2. The third-order valence-electron chi connectivity index (χ3n) is 7.33. The highest BCUT2D eigenvalue weighted by Gasteiger charge is 2.74. The summed E-state index contributed by atoms with van der Waals surface area (Å²) >= 11 is 1.64. The molecule has 0 aromatic carbocycles. The Morgan fingerprint density at radius 1 is 1.26 bits per heavy atom. The molecule has 2 N–H and O–H groups in total. The summed E-state index contributed by atoms with van der Waals surface area (Å²) in [5.41, 5.74) is -0.447. The van der Waals surface area contributed by atoms with E-state index < -0.39 is 34.2 Å². The van der Waals surface area contributed by atoms with Gasteiger partial charge in [-0.05, 0) is 57.8 Å². The molecule has 0 radical (unpaired) electrons. The van der Waals surface area contributed by atoms with Gasteiger partial charge in [-0.15, -0.1) is 11.8 Å². The van der Waals surface area contributed by atoms with Crippen LogP contribution in [0.5, 0.6) is 0 Å². The molecule has 7 nitrogen and oxygen atoms in total. The van der Waals surface area contributed by atoms with Crippen molar-refractivity contribution in [3.63, 3.8) is 0 Å². The predicted octanol–water partition coefficient (Wildman–Crippen LogP) is 3.38. The molecule has 0 aromatic heterocycles. The Labute approximate surface area is 209 Å². The number of aliphatic hydroxyl groups excluding tert-OH is 1. The number of nitrogens with one attached hydrogen (secondary N) is 1. The first-order chi connectivity index (χ1) is 15.7. The van der Waals surface area contributed by atoms with Gasteiger partial charge in [0.1, 0.15) is 6.04 Å². The molecule has 2 bridgehead atoms. The molecule has 6 atom stereocenters. The zero-order valence-electron chi connectivity index (χ0n) is 22.1. The third kappa shape index (κ3) is 4.99. The fourth-order valence-electron chi connectivity index (χ4n) is 6.88. The lowest BCUT2D eigenvalue weighted by Crippen LogP contribution is -2.60. The van der Waals surface area contributed by atoms with Crippen LogP contribution >= 0.6 is 11.8 Å². The topological polar surface area (TPSA) is 95.9 Å². The van der Waals surface area contributed by atoms with E-state index in [1.807, 2.05) is 27.7 Å². The lowest BCUT2D eigenvalue weighted by Gasteiger charge is -2.40. The van der Waals surface area contributed by atoms with Gasteiger partial charge in [-0.1, -0.05) is 34.6 Å². The van der Waals surface area contributed by atoms with E-state index >= 15 is 0 Å². The maximum Gasteiger partial charge on any atom is 0.310 e. The molecule has 8 heteroatoms. The molecule has 1 spiro atoms. The second-order valence-electron chi connectivity index (χ2n) is 12.6. The van der Waals surface area contributed by atoms with Crippen LogP contribution in [0.15, 0.2) is 0 Å². The van der Waals surface area contributed by atoms with E-state index in [2.05, 4.69) is 26.1 Å². The third-order valence-corrected chi connectivity index (χ3v) is 9.28. The Morgan fingerprint density at radius 2 is 1.91 bits per heavy atom. The Balaban J connectivity index is 2.02. The smallest absolute Gasteiger partial charge is 0.310 e. The summed E-state index contributed by atoms with van der Waals surface area (Å²) in [6.45, 7) is 16.4. The Kier molecular flexibility index (Phi) is 7.74. The first kappa shape index (κ1) is 27.3. The van der Waals surface area contributed by atoms with Crippen LogP contribution in [0.1, 0.15) is 81.1 Å². The summed E-state index contributed by atoms with van der Waals surface area (Å²) in [7, 11) is 0. The average Bonchev–Trinajstić information content (AvgIpc) is 3.31. The summed E-state index contributed by atoms with van der Waals surface area (Å²) < 4.78 is 4.72. The SMILES string of the molecule is CCOC(=O)[C@@H]1[C@@H]2CCC3(S2)C(C(=O)NC(C)(C)CC(C)(C)C)N([C@@H](CO)CC(C)C)C(=O)[C@H]13. The highest BCUT2D eigenvalue weighted by Crippen LogP contribution is 2.66. The molecule has 3 aliphatic heterocycles. The van der Waals surface area contributed by atoms with E-state index in [9.17, 15) is 19.5 Å². The molecule has 3 aliphatic rings. The molecule has 0 aromatic rings. The largest absolute Gasteiger partial charge is 0.466 e. The van der Waals surface area contributed by atoms with E-state index in [0.29, 0.717) is 12.8 Å². The number of rotatable bonds is 9. The summed E-state index contributed by atoms with van der Waals surface area (Å²) in [6.07, 6.45) is 2.87. The van der Waals surface area contributed by atoms with Crippen molar-refractivity contribution in [2.24, 2.45) is 23.2 Å². The number of hydrogen-bond donors (Lipinski definition) is 2. The van der Waals surface area contributed by atoms with Crippen molar-refractivity contribution in [3.05, 3.63) is 0 Å².